The second-order valence-electron chi connectivity index (χ2n) is 6.38. The first-order valence-corrected chi connectivity index (χ1v) is 9.16. The van der Waals surface area contributed by atoms with Crippen molar-refractivity contribution in [1.82, 2.24) is 0 Å². The normalized spacial score (nSPS) is 14.1. The minimum atomic E-state index is -1.03. The summed E-state index contributed by atoms with van der Waals surface area (Å²) in [5, 5.41) is 5.68. The van der Waals surface area contributed by atoms with Gasteiger partial charge in [-0.1, -0.05) is 12.1 Å². The van der Waals surface area contributed by atoms with E-state index in [1.807, 2.05) is 26.0 Å². The summed E-state index contributed by atoms with van der Waals surface area (Å²) in [5.74, 6) is 0.731. The van der Waals surface area contributed by atoms with Crippen LogP contribution in [0.5, 0.6) is 11.5 Å². The first-order valence-electron chi connectivity index (χ1n) is 9.16. The molecule has 1 aliphatic carbocycles. The van der Waals surface area contributed by atoms with Crippen LogP contribution in [0, 0.1) is 5.41 Å². The van der Waals surface area contributed by atoms with Gasteiger partial charge in [-0.15, -0.1) is 0 Å². The van der Waals surface area contributed by atoms with Gasteiger partial charge < -0.3 is 20.1 Å². The average Bonchev–Trinajstić information content (AvgIpc) is 3.47. The van der Waals surface area contributed by atoms with Gasteiger partial charge in [-0.25, -0.2) is 0 Å². The maximum Gasteiger partial charge on any atom is 0.240 e. The highest BCUT2D eigenvalue weighted by atomic mass is 16.5. The average molecular weight is 368 g/mol. The Morgan fingerprint density at radius 3 is 2.15 bits per heavy atom. The minimum absolute atomic E-state index is 0.293. The fourth-order valence-corrected chi connectivity index (χ4v) is 2.83. The van der Waals surface area contributed by atoms with Crippen molar-refractivity contribution in [2.24, 2.45) is 5.41 Å². The van der Waals surface area contributed by atoms with Crippen LogP contribution in [0.2, 0.25) is 0 Å². The molecule has 0 radical (unpaired) electrons. The number of carbonyl (C=O) groups is 2. The van der Waals surface area contributed by atoms with Gasteiger partial charge in [0.2, 0.25) is 11.8 Å². The van der Waals surface area contributed by atoms with E-state index in [0.717, 1.165) is 5.75 Å². The van der Waals surface area contributed by atoms with Crippen molar-refractivity contribution in [3.8, 4) is 11.5 Å². The molecule has 0 aromatic heterocycles. The predicted molar refractivity (Wildman–Crippen MR) is 104 cm³/mol. The molecular weight excluding hydrogens is 344 g/mol. The second-order valence-corrected chi connectivity index (χ2v) is 6.38. The van der Waals surface area contributed by atoms with Crippen molar-refractivity contribution in [3.05, 3.63) is 48.5 Å². The third-order valence-corrected chi connectivity index (χ3v) is 4.48. The van der Waals surface area contributed by atoms with Gasteiger partial charge >= 0.3 is 0 Å². The monoisotopic (exact) mass is 368 g/mol. The summed E-state index contributed by atoms with van der Waals surface area (Å²) in [6.45, 7) is 4.87. The predicted octanol–water partition coefficient (Wildman–Crippen LogP) is 3.84. The van der Waals surface area contributed by atoms with Crippen molar-refractivity contribution in [2.45, 2.75) is 26.7 Å². The highest BCUT2D eigenvalue weighted by molar-refractivity contribution is 6.17. The molecule has 0 heterocycles. The van der Waals surface area contributed by atoms with E-state index in [-0.39, 0.29) is 11.8 Å². The van der Waals surface area contributed by atoms with E-state index in [1.54, 1.807) is 36.4 Å². The molecule has 6 heteroatoms. The fourth-order valence-electron chi connectivity index (χ4n) is 2.83. The van der Waals surface area contributed by atoms with Crippen molar-refractivity contribution < 1.29 is 19.1 Å². The van der Waals surface area contributed by atoms with E-state index in [0.29, 0.717) is 43.2 Å². The molecule has 1 fully saturated rings. The van der Waals surface area contributed by atoms with Crippen LogP contribution in [-0.2, 0) is 9.59 Å². The fraction of sp³-hybridized carbons (Fsp3) is 0.333. The van der Waals surface area contributed by atoms with Crippen LogP contribution in [0.15, 0.2) is 48.5 Å². The summed E-state index contributed by atoms with van der Waals surface area (Å²) < 4.78 is 10.9. The third-order valence-electron chi connectivity index (χ3n) is 4.48. The zero-order valence-corrected chi connectivity index (χ0v) is 15.6. The van der Waals surface area contributed by atoms with Crippen LogP contribution in [0.4, 0.5) is 11.4 Å². The molecule has 2 aromatic rings. The zero-order valence-electron chi connectivity index (χ0n) is 15.6. The Bertz CT molecular complexity index is 813. The zero-order chi connectivity index (χ0) is 19.3. The highest BCUT2D eigenvalue weighted by Crippen LogP contribution is 2.48. The van der Waals surface area contributed by atoms with Gasteiger partial charge in [0.05, 0.1) is 18.9 Å². The number of hydrogen-bond donors (Lipinski definition) is 2. The van der Waals surface area contributed by atoms with Gasteiger partial charge in [-0.3, -0.25) is 9.59 Å². The van der Waals surface area contributed by atoms with Gasteiger partial charge in [0.15, 0.2) is 0 Å². The number of amides is 2. The maximum atomic E-state index is 12.8. The highest BCUT2D eigenvalue weighted by Gasteiger charge is 2.56. The Hall–Kier alpha value is -3.02. The van der Waals surface area contributed by atoms with Gasteiger partial charge in [0.25, 0.3) is 0 Å². The van der Waals surface area contributed by atoms with Crippen LogP contribution in [0.25, 0.3) is 0 Å². The molecule has 6 nitrogen and oxygen atoms in total. The summed E-state index contributed by atoms with van der Waals surface area (Å²) in [4.78, 5) is 25.5. The molecule has 2 aromatic carbocycles. The molecule has 2 N–H and O–H groups in total. The Kier molecular flexibility index (Phi) is 5.64. The van der Waals surface area contributed by atoms with Crippen molar-refractivity contribution >= 4 is 23.2 Å². The number of para-hydroxylation sites is 2. The Morgan fingerprint density at radius 1 is 0.889 bits per heavy atom. The summed E-state index contributed by atoms with van der Waals surface area (Å²) in [6.07, 6.45) is 1.05. The smallest absolute Gasteiger partial charge is 0.240 e. The molecule has 0 spiro atoms. The molecule has 2 amide bonds. The lowest BCUT2D eigenvalue weighted by Gasteiger charge is -2.17. The number of rotatable bonds is 8. The summed E-state index contributed by atoms with van der Waals surface area (Å²) in [7, 11) is 0. The third kappa shape index (κ3) is 4.22. The van der Waals surface area contributed by atoms with E-state index in [1.165, 1.54) is 0 Å². The summed E-state index contributed by atoms with van der Waals surface area (Å²) in [6, 6.07) is 14.3. The first kappa shape index (κ1) is 18.8. The number of hydrogen-bond acceptors (Lipinski definition) is 4. The van der Waals surface area contributed by atoms with Gasteiger partial charge in [0, 0.05) is 5.69 Å². The molecule has 0 saturated heterocycles. The number of anilines is 2. The number of ether oxygens (including phenoxy) is 2. The lowest BCUT2D eigenvalue weighted by molar-refractivity contribution is -0.131. The van der Waals surface area contributed by atoms with E-state index >= 15 is 0 Å². The maximum absolute atomic E-state index is 12.8. The molecule has 0 bridgehead atoms. The van der Waals surface area contributed by atoms with E-state index < -0.39 is 5.41 Å². The molecule has 0 aliphatic heterocycles. The molecule has 1 saturated carbocycles. The van der Waals surface area contributed by atoms with Crippen LogP contribution in [0.1, 0.15) is 26.7 Å². The summed E-state index contributed by atoms with van der Waals surface area (Å²) >= 11 is 0. The number of carbonyl (C=O) groups excluding carboxylic acids is 2. The molecule has 3 rings (SSSR count). The quantitative estimate of drug-likeness (QED) is 0.694. The standard InChI is InChI=1S/C21H24N2O4/c1-3-26-16-11-9-15(10-12-16)22-19(24)21(13-14-21)20(25)23-17-7-5-6-8-18(17)27-4-2/h5-12H,3-4,13-14H2,1-2H3,(H,22,24)(H,23,25). The van der Waals surface area contributed by atoms with Crippen molar-refractivity contribution in [2.75, 3.05) is 23.8 Å². The van der Waals surface area contributed by atoms with Gasteiger partial charge in [0.1, 0.15) is 16.9 Å². The Morgan fingerprint density at radius 2 is 1.52 bits per heavy atom. The first-order chi connectivity index (χ1) is 13.1. The van der Waals surface area contributed by atoms with Crippen LogP contribution < -0.4 is 20.1 Å². The van der Waals surface area contributed by atoms with E-state index in [4.69, 9.17) is 9.47 Å². The van der Waals surface area contributed by atoms with Crippen molar-refractivity contribution in [3.63, 3.8) is 0 Å². The lowest BCUT2D eigenvalue weighted by Crippen LogP contribution is -2.35. The number of nitrogens with one attached hydrogen (secondary N) is 2. The molecule has 1 aliphatic rings. The molecular formula is C21H24N2O4. The van der Waals surface area contributed by atoms with Crippen LogP contribution >= 0.6 is 0 Å². The Balaban J connectivity index is 1.67. The molecule has 0 atom stereocenters. The van der Waals surface area contributed by atoms with Gasteiger partial charge in [-0.2, -0.15) is 0 Å². The molecule has 142 valence electrons. The summed E-state index contributed by atoms with van der Waals surface area (Å²) in [5.41, 5.74) is 0.180. The van der Waals surface area contributed by atoms with Crippen LogP contribution in [-0.4, -0.2) is 25.0 Å². The molecule has 27 heavy (non-hydrogen) atoms. The second kappa shape index (κ2) is 8.12. The lowest BCUT2D eigenvalue weighted by atomic mass is 10.0. The molecule has 0 unspecified atom stereocenters. The van der Waals surface area contributed by atoms with E-state index in [9.17, 15) is 9.59 Å². The SMILES string of the molecule is CCOc1ccc(NC(=O)C2(C(=O)Nc3ccccc3OCC)CC2)cc1. The Labute approximate surface area is 158 Å². The van der Waals surface area contributed by atoms with Gasteiger partial charge in [-0.05, 0) is 63.1 Å². The van der Waals surface area contributed by atoms with Crippen LogP contribution in [0.3, 0.4) is 0 Å². The van der Waals surface area contributed by atoms with E-state index in [2.05, 4.69) is 10.6 Å². The number of benzene rings is 2. The topological polar surface area (TPSA) is 76.7 Å². The largest absolute Gasteiger partial charge is 0.494 e. The minimum Gasteiger partial charge on any atom is -0.494 e. The van der Waals surface area contributed by atoms with Crippen molar-refractivity contribution in [1.29, 1.82) is 0 Å².